The molecule has 3 aromatic rings. The Morgan fingerprint density at radius 1 is 0.968 bits per heavy atom. The largest absolute Gasteiger partial charge is 0.342 e. The zero-order valence-electron chi connectivity index (χ0n) is 18.4. The van der Waals surface area contributed by atoms with E-state index >= 15 is 0 Å². The molecular weight excluding hydrogens is 406 g/mol. The Morgan fingerprint density at radius 2 is 1.65 bits per heavy atom. The second-order valence-corrected chi connectivity index (χ2v) is 9.24. The van der Waals surface area contributed by atoms with Gasteiger partial charge in [0.15, 0.2) is 0 Å². The first-order valence-corrected chi connectivity index (χ1v) is 11.2. The number of carbonyl (C=O) groups is 2. The predicted molar refractivity (Wildman–Crippen MR) is 128 cm³/mol. The van der Waals surface area contributed by atoms with Gasteiger partial charge in [-0.1, -0.05) is 56.3 Å². The fourth-order valence-electron chi connectivity index (χ4n) is 3.09. The average Bonchev–Trinajstić information content (AvgIpc) is 3.21. The normalized spacial score (nSPS) is 11.4. The van der Waals surface area contributed by atoms with Gasteiger partial charge >= 0.3 is 0 Å². The smallest absolute Gasteiger partial charge is 0.262 e. The van der Waals surface area contributed by atoms with Crippen molar-refractivity contribution in [2.24, 2.45) is 0 Å². The fraction of sp³-hybridized carbons (Fsp3) is 0.280. The molecule has 0 aliphatic rings. The minimum Gasteiger partial charge on any atom is -0.342 e. The van der Waals surface area contributed by atoms with Crippen molar-refractivity contribution in [1.82, 2.24) is 10.6 Å². The van der Waals surface area contributed by atoms with E-state index in [0.717, 1.165) is 17.7 Å². The van der Waals surface area contributed by atoms with Crippen molar-refractivity contribution in [1.29, 1.82) is 0 Å². The van der Waals surface area contributed by atoms with Crippen molar-refractivity contribution in [3.05, 3.63) is 87.6 Å². The van der Waals surface area contributed by atoms with Crippen LogP contribution in [-0.2, 0) is 12.1 Å². The number of benzene rings is 2. The van der Waals surface area contributed by atoms with E-state index in [0.29, 0.717) is 22.2 Å². The molecule has 5 nitrogen and oxygen atoms in total. The molecule has 0 spiro atoms. The minimum absolute atomic E-state index is 0.165. The van der Waals surface area contributed by atoms with E-state index < -0.39 is 5.54 Å². The third-order valence-electron chi connectivity index (χ3n) is 4.93. The van der Waals surface area contributed by atoms with E-state index in [-0.39, 0.29) is 11.8 Å². The van der Waals surface area contributed by atoms with E-state index in [1.165, 1.54) is 11.3 Å². The Hall–Kier alpha value is -2.96. The summed E-state index contributed by atoms with van der Waals surface area (Å²) in [7, 11) is 0. The van der Waals surface area contributed by atoms with Crippen molar-refractivity contribution in [3.8, 4) is 0 Å². The first-order chi connectivity index (χ1) is 14.7. The highest BCUT2D eigenvalue weighted by Gasteiger charge is 2.24. The lowest BCUT2D eigenvalue weighted by Crippen LogP contribution is -2.40. The monoisotopic (exact) mass is 435 g/mol. The van der Waals surface area contributed by atoms with Crippen LogP contribution in [0.4, 0.5) is 5.69 Å². The van der Waals surface area contributed by atoms with Gasteiger partial charge in [0.05, 0.1) is 16.1 Å². The topological polar surface area (TPSA) is 70.2 Å². The maximum absolute atomic E-state index is 12.7. The van der Waals surface area contributed by atoms with Crippen molar-refractivity contribution < 1.29 is 9.59 Å². The molecule has 1 aromatic heterocycles. The predicted octanol–water partition coefficient (Wildman–Crippen LogP) is 5.16. The quantitative estimate of drug-likeness (QED) is 0.457. The molecule has 0 aliphatic carbocycles. The van der Waals surface area contributed by atoms with E-state index in [1.807, 2.05) is 68.4 Å². The molecular formula is C25H29N3O2S. The van der Waals surface area contributed by atoms with Gasteiger partial charge in [-0.3, -0.25) is 9.59 Å². The molecule has 162 valence electrons. The molecule has 0 saturated heterocycles. The lowest BCUT2D eigenvalue weighted by Gasteiger charge is -2.26. The summed E-state index contributed by atoms with van der Waals surface area (Å²) in [4.78, 5) is 25.8. The average molecular weight is 436 g/mol. The number of anilines is 1. The number of amides is 2. The molecule has 3 N–H and O–H groups in total. The van der Waals surface area contributed by atoms with Crippen molar-refractivity contribution in [2.75, 3.05) is 5.32 Å². The molecule has 3 rings (SSSR count). The van der Waals surface area contributed by atoms with Crippen molar-refractivity contribution >= 4 is 28.8 Å². The lowest BCUT2D eigenvalue weighted by atomic mass is 9.94. The van der Waals surface area contributed by atoms with Gasteiger partial charge in [-0.05, 0) is 43.2 Å². The van der Waals surface area contributed by atoms with Crippen LogP contribution in [0.25, 0.3) is 0 Å². The Labute approximate surface area is 187 Å². The van der Waals surface area contributed by atoms with Crippen LogP contribution < -0.4 is 16.0 Å². The fourth-order valence-corrected chi connectivity index (χ4v) is 3.83. The number of hydrogen-bond acceptors (Lipinski definition) is 4. The molecule has 0 atom stereocenters. The standard InChI is InChI=1S/C25H29N3O2S/c1-17(2)26-15-18-10-12-19(13-11-18)23(29)27-21-14-22(31-16-21)24(30)28-25(3,4)20-8-6-5-7-9-20/h5-14,16-17,26H,15H2,1-4H3,(H,27,29)(H,28,30). The highest BCUT2D eigenvalue weighted by atomic mass is 32.1. The summed E-state index contributed by atoms with van der Waals surface area (Å²) in [6, 6.07) is 19.5. The highest BCUT2D eigenvalue weighted by Crippen LogP contribution is 2.24. The first kappa shape index (κ1) is 22.7. The summed E-state index contributed by atoms with van der Waals surface area (Å²) >= 11 is 1.31. The second kappa shape index (κ2) is 9.90. The summed E-state index contributed by atoms with van der Waals surface area (Å²) in [6.45, 7) is 8.90. The molecule has 6 heteroatoms. The van der Waals surface area contributed by atoms with Crippen LogP contribution >= 0.6 is 11.3 Å². The summed E-state index contributed by atoms with van der Waals surface area (Å²) in [5, 5.41) is 11.1. The van der Waals surface area contributed by atoms with E-state index in [1.54, 1.807) is 11.4 Å². The Bertz CT molecular complexity index is 1020. The maximum atomic E-state index is 12.7. The third-order valence-corrected chi connectivity index (χ3v) is 5.86. The molecule has 0 radical (unpaired) electrons. The highest BCUT2D eigenvalue weighted by molar-refractivity contribution is 7.12. The van der Waals surface area contributed by atoms with E-state index in [9.17, 15) is 9.59 Å². The van der Waals surface area contributed by atoms with E-state index in [4.69, 9.17) is 0 Å². The van der Waals surface area contributed by atoms with Gasteiger partial charge in [-0.15, -0.1) is 11.3 Å². The van der Waals surface area contributed by atoms with Crippen LogP contribution in [0, 0.1) is 0 Å². The second-order valence-electron chi connectivity index (χ2n) is 8.33. The van der Waals surface area contributed by atoms with Gasteiger partial charge in [0.1, 0.15) is 0 Å². The lowest BCUT2D eigenvalue weighted by molar-refractivity contribution is 0.0915. The van der Waals surface area contributed by atoms with Gasteiger partial charge in [-0.25, -0.2) is 0 Å². The van der Waals surface area contributed by atoms with Crippen LogP contribution in [-0.4, -0.2) is 17.9 Å². The molecule has 2 amide bonds. The van der Waals surface area contributed by atoms with Crippen molar-refractivity contribution in [2.45, 2.75) is 45.8 Å². The number of hydrogen-bond donors (Lipinski definition) is 3. The minimum atomic E-state index is -0.502. The zero-order valence-corrected chi connectivity index (χ0v) is 19.2. The zero-order chi connectivity index (χ0) is 22.4. The number of thiophene rings is 1. The van der Waals surface area contributed by atoms with Crippen LogP contribution in [0.1, 0.15) is 58.9 Å². The summed E-state index contributed by atoms with van der Waals surface area (Å²) in [5.74, 6) is -0.362. The molecule has 0 saturated carbocycles. The molecule has 2 aromatic carbocycles. The number of nitrogens with one attached hydrogen (secondary N) is 3. The van der Waals surface area contributed by atoms with Crippen LogP contribution in [0.15, 0.2) is 66.0 Å². The molecule has 0 aliphatic heterocycles. The summed E-state index contributed by atoms with van der Waals surface area (Å²) in [6.07, 6.45) is 0. The Balaban J connectivity index is 1.60. The van der Waals surface area contributed by atoms with Gasteiger partial charge in [0, 0.05) is 23.5 Å². The summed E-state index contributed by atoms with van der Waals surface area (Å²) in [5.41, 5.74) is 2.85. The molecule has 0 fully saturated rings. The van der Waals surface area contributed by atoms with Gasteiger partial charge in [0.2, 0.25) is 0 Å². The van der Waals surface area contributed by atoms with Gasteiger partial charge in [0.25, 0.3) is 11.8 Å². The van der Waals surface area contributed by atoms with E-state index in [2.05, 4.69) is 29.8 Å². The number of rotatable bonds is 8. The van der Waals surface area contributed by atoms with Gasteiger partial charge < -0.3 is 16.0 Å². The van der Waals surface area contributed by atoms with Crippen LogP contribution in [0.3, 0.4) is 0 Å². The SMILES string of the molecule is CC(C)NCc1ccc(C(=O)Nc2csc(C(=O)NC(C)(C)c3ccccc3)c2)cc1. The Kier molecular flexibility index (Phi) is 7.25. The van der Waals surface area contributed by atoms with Gasteiger partial charge in [-0.2, -0.15) is 0 Å². The van der Waals surface area contributed by atoms with Crippen LogP contribution in [0.5, 0.6) is 0 Å². The Morgan fingerprint density at radius 3 is 2.29 bits per heavy atom. The van der Waals surface area contributed by atoms with Crippen molar-refractivity contribution in [3.63, 3.8) is 0 Å². The molecule has 0 bridgehead atoms. The molecule has 31 heavy (non-hydrogen) atoms. The molecule has 0 unspecified atom stereocenters. The van der Waals surface area contributed by atoms with Crippen LogP contribution in [0.2, 0.25) is 0 Å². The third kappa shape index (κ3) is 6.26. The maximum Gasteiger partial charge on any atom is 0.262 e. The number of carbonyl (C=O) groups excluding carboxylic acids is 2. The summed E-state index contributed by atoms with van der Waals surface area (Å²) < 4.78 is 0. The first-order valence-electron chi connectivity index (χ1n) is 10.3. The molecule has 1 heterocycles.